The highest BCUT2D eigenvalue weighted by Crippen LogP contribution is 1.77. The Balaban J connectivity index is 0. The first-order chi connectivity index (χ1) is 6.18. The van der Waals surface area contributed by atoms with Crippen LogP contribution in [0.15, 0.2) is 0 Å². The summed E-state index contributed by atoms with van der Waals surface area (Å²) >= 11 is 0. The summed E-state index contributed by atoms with van der Waals surface area (Å²) in [5.74, 6) is 0. The van der Waals surface area contributed by atoms with Gasteiger partial charge in [-0.2, -0.15) is 0 Å². The Kier molecular flexibility index (Phi) is 16.8. The van der Waals surface area contributed by atoms with Gasteiger partial charge < -0.3 is 10.0 Å². The first-order valence-corrected chi connectivity index (χ1v) is 4.35. The Labute approximate surface area is 80.1 Å². The molecule has 5 heteroatoms. The zero-order valence-electron chi connectivity index (χ0n) is 8.95. The predicted octanol–water partition coefficient (Wildman–Crippen LogP) is 0.446. The van der Waals surface area contributed by atoms with Crippen LogP contribution in [-0.4, -0.2) is 50.5 Å². The zero-order valence-corrected chi connectivity index (χ0v) is 8.95. The Bertz CT molecular complexity index is 76.5. The molecule has 13 heavy (non-hydrogen) atoms. The monoisotopic (exact) mass is 195 g/mol. The van der Waals surface area contributed by atoms with E-state index < -0.39 is 0 Å². The lowest BCUT2D eigenvalue weighted by molar-refractivity contribution is -0.509. The molecular formula is C8H21NO4. The van der Waals surface area contributed by atoms with Gasteiger partial charge in [0.2, 0.25) is 0 Å². The van der Waals surface area contributed by atoms with Crippen molar-refractivity contribution < 1.29 is 19.9 Å². The van der Waals surface area contributed by atoms with Gasteiger partial charge in [-0.15, -0.1) is 0 Å². The highest BCUT2D eigenvalue weighted by molar-refractivity contribution is 4.34. The van der Waals surface area contributed by atoms with Crippen LogP contribution in [0, 0.1) is 0 Å². The fourth-order valence-electron chi connectivity index (χ4n) is 0.330. The van der Waals surface area contributed by atoms with Crippen molar-refractivity contribution in [2.24, 2.45) is 0 Å². The lowest BCUT2D eigenvalue weighted by Gasteiger charge is -2.03. The molecule has 82 valence electrons. The van der Waals surface area contributed by atoms with Crippen molar-refractivity contribution in [3.63, 3.8) is 0 Å². The van der Waals surface area contributed by atoms with Crippen molar-refractivity contribution in [1.29, 1.82) is 0 Å². The molecule has 0 unspecified atom stereocenters. The summed E-state index contributed by atoms with van der Waals surface area (Å²) in [4.78, 5) is 10.6. The Morgan fingerprint density at radius 2 is 1.54 bits per heavy atom. The highest BCUT2D eigenvalue weighted by atomic mass is 17.5. The lowest BCUT2D eigenvalue weighted by atomic mass is 10.6. The third-order valence-corrected chi connectivity index (χ3v) is 0.879. The van der Waals surface area contributed by atoms with Crippen molar-refractivity contribution in [3.8, 4) is 0 Å². The van der Waals surface area contributed by atoms with Gasteiger partial charge in [-0.05, 0) is 27.9 Å². The summed E-state index contributed by atoms with van der Waals surface area (Å²) in [6.45, 7) is 5.69. The average molecular weight is 195 g/mol. The molecule has 0 spiro atoms. The molecule has 0 aliphatic rings. The summed E-state index contributed by atoms with van der Waals surface area (Å²) in [6.07, 6.45) is 0. The average Bonchev–Trinajstić information content (AvgIpc) is 2.06. The fourth-order valence-corrected chi connectivity index (χ4v) is 0.330. The minimum absolute atomic E-state index is 0.257. The van der Waals surface area contributed by atoms with Gasteiger partial charge in [-0.25, -0.2) is 9.78 Å². The van der Waals surface area contributed by atoms with Crippen LogP contribution in [0.25, 0.3) is 0 Å². The van der Waals surface area contributed by atoms with E-state index in [1.165, 1.54) is 0 Å². The number of aliphatic hydroxyl groups is 1. The van der Waals surface area contributed by atoms with E-state index in [0.29, 0.717) is 13.2 Å². The van der Waals surface area contributed by atoms with Crippen molar-refractivity contribution in [1.82, 2.24) is 4.90 Å². The van der Waals surface area contributed by atoms with E-state index in [1.807, 2.05) is 32.8 Å². The zero-order chi connectivity index (χ0) is 10.5. The first kappa shape index (κ1) is 15.3. The van der Waals surface area contributed by atoms with Crippen molar-refractivity contribution in [2.45, 2.75) is 13.8 Å². The van der Waals surface area contributed by atoms with Gasteiger partial charge in [-0.1, -0.05) is 5.04 Å². The van der Waals surface area contributed by atoms with Crippen LogP contribution in [0.5, 0.6) is 0 Å². The fraction of sp³-hybridized carbons (Fsp3) is 1.00. The molecule has 0 bridgehead atoms. The smallest absolute Gasteiger partial charge is 0.0825 e. The molecule has 0 amide bonds. The number of rotatable bonds is 6. The van der Waals surface area contributed by atoms with Gasteiger partial charge in [-0.3, -0.25) is 0 Å². The molecule has 5 nitrogen and oxygen atoms in total. The second-order valence-corrected chi connectivity index (χ2v) is 2.41. The van der Waals surface area contributed by atoms with E-state index in [9.17, 15) is 0 Å². The molecular weight excluding hydrogens is 174 g/mol. The summed E-state index contributed by atoms with van der Waals surface area (Å²) < 4.78 is 0. The van der Waals surface area contributed by atoms with Crippen molar-refractivity contribution in [2.75, 3.05) is 40.5 Å². The second-order valence-electron chi connectivity index (χ2n) is 2.41. The maximum absolute atomic E-state index is 8.20. The molecule has 0 aromatic carbocycles. The van der Waals surface area contributed by atoms with Crippen molar-refractivity contribution in [3.05, 3.63) is 0 Å². The quantitative estimate of drug-likeness (QED) is 0.379. The maximum atomic E-state index is 8.20. The Morgan fingerprint density at radius 1 is 1.08 bits per heavy atom. The molecule has 0 radical (unpaired) electrons. The molecule has 0 aromatic heterocycles. The van der Waals surface area contributed by atoms with E-state index in [-0.39, 0.29) is 6.61 Å². The molecule has 1 N–H and O–H groups in total. The summed E-state index contributed by atoms with van der Waals surface area (Å²) in [7, 11) is 3.85. The predicted molar refractivity (Wildman–Crippen MR) is 50.0 cm³/mol. The summed E-state index contributed by atoms with van der Waals surface area (Å²) in [5.41, 5.74) is 0. The number of hydrogen-bond acceptors (Lipinski definition) is 5. The minimum atomic E-state index is 0.257. The highest BCUT2D eigenvalue weighted by Gasteiger charge is 1.80. The van der Waals surface area contributed by atoms with Crippen LogP contribution >= 0.6 is 0 Å². The number of likely N-dealkylation sites (N-methyl/N-ethyl adjacent to an activating group) is 1. The molecule has 0 rings (SSSR count). The molecule has 0 aromatic rings. The van der Waals surface area contributed by atoms with Crippen LogP contribution in [0.2, 0.25) is 0 Å². The minimum Gasteiger partial charge on any atom is -0.395 e. The van der Waals surface area contributed by atoms with Crippen LogP contribution < -0.4 is 0 Å². The van der Waals surface area contributed by atoms with Gasteiger partial charge in [0, 0.05) is 6.54 Å². The van der Waals surface area contributed by atoms with Gasteiger partial charge in [0.1, 0.15) is 0 Å². The molecule has 0 fully saturated rings. The Morgan fingerprint density at radius 3 is 1.69 bits per heavy atom. The third kappa shape index (κ3) is 24.5. The van der Waals surface area contributed by atoms with Crippen LogP contribution in [0.4, 0.5) is 0 Å². The normalized spacial score (nSPS) is 9.69. The molecule has 0 aliphatic heterocycles. The number of hydrogen-bond donors (Lipinski definition) is 1. The van der Waals surface area contributed by atoms with Crippen LogP contribution in [-0.2, 0) is 14.8 Å². The van der Waals surface area contributed by atoms with E-state index in [1.54, 1.807) is 0 Å². The molecule has 0 atom stereocenters. The van der Waals surface area contributed by atoms with E-state index in [0.717, 1.165) is 6.54 Å². The van der Waals surface area contributed by atoms with Gasteiger partial charge in [0.05, 0.1) is 19.8 Å². The molecule has 0 saturated heterocycles. The lowest BCUT2D eigenvalue weighted by Crippen LogP contribution is -2.15. The van der Waals surface area contributed by atoms with E-state index in [2.05, 4.69) is 14.8 Å². The largest absolute Gasteiger partial charge is 0.395 e. The standard InChI is InChI=1S/C4H11NO.C4H10O3/c1-5(2)3-4-6;1-3-5-7-6-4-2/h6H,3-4H2,1-2H3;3-4H2,1-2H3. The number of nitrogens with zero attached hydrogens (tertiary/aromatic N) is 1. The molecule has 0 saturated carbocycles. The molecule has 0 heterocycles. The topological polar surface area (TPSA) is 51.2 Å². The summed E-state index contributed by atoms with van der Waals surface area (Å²) in [5, 5.41) is 12.3. The molecule has 0 aliphatic carbocycles. The van der Waals surface area contributed by atoms with Crippen LogP contribution in [0.1, 0.15) is 13.8 Å². The van der Waals surface area contributed by atoms with E-state index in [4.69, 9.17) is 5.11 Å². The van der Waals surface area contributed by atoms with Crippen molar-refractivity contribution >= 4 is 0 Å². The second kappa shape index (κ2) is 14.3. The van der Waals surface area contributed by atoms with Gasteiger partial charge in [0.15, 0.2) is 0 Å². The number of aliphatic hydroxyl groups excluding tert-OH is 1. The van der Waals surface area contributed by atoms with Crippen LogP contribution in [0.3, 0.4) is 0 Å². The SMILES string of the molecule is CCOOOCC.CN(C)CCO. The van der Waals surface area contributed by atoms with E-state index >= 15 is 0 Å². The maximum Gasteiger partial charge on any atom is 0.0825 e. The third-order valence-electron chi connectivity index (χ3n) is 0.879. The Hall–Kier alpha value is -0.200. The van der Waals surface area contributed by atoms with Gasteiger partial charge in [0.25, 0.3) is 0 Å². The van der Waals surface area contributed by atoms with Gasteiger partial charge >= 0.3 is 0 Å². The first-order valence-electron chi connectivity index (χ1n) is 4.35. The summed E-state index contributed by atoms with van der Waals surface area (Å²) in [6, 6.07) is 0.